The van der Waals surface area contributed by atoms with Gasteiger partial charge in [-0.25, -0.2) is 15.0 Å². The number of hydrogen-bond acceptors (Lipinski definition) is 4. The average Bonchev–Trinajstić information content (AvgIpc) is 3.09. The Morgan fingerprint density at radius 2 is 2.23 bits per heavy atom. The van der Waals surface area contributed by atoms with Crippen LogP contribution in [0.5, 0.6) is 0 Å². The van der Waals surface area contributed by atoms with E-state index in [1.807, 2.05) is 30.1 Å². The second kappa shape index (κ2) is 5.03. The van der Waals surface area contributed by atoms with Crippen molar-refractivity contribution in [2.45, 2.75) is 13.5 Å². The Bertz CT molecular complexity index is 1010. The summed E-state index contributed by atoms with van der Waals surface area (Å²) in [4.78, 5) is 16.1. The minimum absolute atomic E-state index is 0.209. The number of nitrogens with one attached hydrogen (secondary N) is 1. The Morgan fingerprint density at radius 3 is 3.05 bits per heavy atom. The van der Waals surface area contributed by atoms with Crippen molar-refractivity contribution in [2.75, 3.05) is 0 Å². The molecule has 0 radical (unpaired) electrons. The standard InChI is InChI=1S/C14H10BrClN6/c1-2-22-6-10-13(21-22)12(20-14(16)19-10)8-4-17-9-5-18-11(15)3-7(8)9/h3-6,17H,2H2,1H3. The zero-order valence-corrected chi connectivity index (χ0v) is 13.9. The Morgan fingerprint density at radius 1 is 1.36 bits per heavy atom. The zero-order chi connectivity index (χ0) is 15.3. The van der Waals surface area contributed by atoms with Crippen molar-refractivity contribution >= 4 is 49.5 Å². The third-order valence-corrected chi connectivity index (χ3v) is 4.10. The molecule has 110 valence electrons. The summed E-state index contributed by atoms with van der Waals surface area (Å²) in [6, 6.07) is 1.94. The fourth-order valence-electron chi connectivity index (χ4n) is 2.47. The number of fused-ring (bicyclic) bond motifs is 2. The summed E-state index contributed by atoms with van der Waals surface area (Å²) in [5.41, 5.74) is 4.04. The minimum Gasteiger partial charge on any atom is -0.359 e. The van der Waals surface area contributed by atoms with E-state index in [0.29, 0.717) is 5.69 Å². The van der Waals surface area contributed by atoms with Crippen molar-refractivity contribution in [3.8, 4) is 11.3 Å². The molecular weight excluding hydrogens is 368 g/mol. The van der Waals surface area contributed by atoms with Gasteiger partial charge in [-0.3, -0.25) is 4.68 Å². The van der Waals surface area contributed by atoms with Crippen molar-refractivity contribution in [1.29, 1.82) is 0 Å². The highest BCUT2D eigenvalue weighted by molar-refractivity contribution is 9.10. The highest BCUT2D eigenvalue weighted by Crippen LogP contribution is 2.32. The quantitative estimate of drug-likeness (QED) is 0.426. The number of aryl methyl sites for hydroxylation is 1. The van der Waals surface area contributed by atoms with Crippen LogP contribution < -0.4 is 0 Å². The lowest BCUT2D eigenvalue weighted by Crippen LogP contribution is -1.93. The van der Waals surface area contributed by atoms with E-state index in [-0.39, 0.29) is 5.28 Å². The van der Waals surface area contributed by atoms with Crippen molar-refractivity contribution < 1.29 is 0 Å². The van der Waals surface area contributed by atoms with Crippen molar-refractivity contribution in [1.82, 2.24) is 29.7 Å². The number of aromatic amines is 1. The first-order chi connectivity index (χ1) is 10.7. The Balaban J connectivity index is 2.07. The van der Waals surface area contributed by atoms with Gasteiger partial charge in [0.05, 0.1) is 17.9 Å². The largest absolute Gasteiger partial charge is 0.359 e. The SMILES string of the molecule is CCn1cc2nc(Cl)nc(-c3c[nH]c4cnc(Br)cc34)c2n1. The van der Waals surface area contributed by atoms with Crippen molar-refractivity contribution in [3.63, 3.8) is 0 Å². The summed E-state index contributed by atoms with van der Waals surface area (Å²) < 4.78 is 2.59. The minimum atomic E-state index is 0.209. The molecule has 22 heavy (non-hydrogen) atoms. The number of hydrogen-bond donors (Lipinski definition) is 1. The molecule has 0 saturated carbocycles. The van der Waals surface area contributed by atoms with Gasteiger partial charge in [0.25, 0.3) is 0 Å². The maximum atomic E-state index is 6.08. The summed E-state index contributed by atoms with van der Waals surface area (Å²) >= 11 is 9.48. The fourth-order valence-corrected chi connectivity index (χ4v) is 2.98. The molecule has 8 heteroatoms. The highest BCUT2D eigenvalue weighted by Gasteiger charge is 2.16. The van der Waals surface area contributed by atoms with Crippen LogP contribution in [0.2, 0.25) is 5.28 Å². The Hall–Kier alpha value is -1.99. The third kappa shape index (κ3) is 2.08. The van der Waals surface area contributed by atoms with Crippen LogP contribution in [0.1, 0.15) is 6.92 Å². The molecule has 4 aromatic heterocycles. The molecule has 0 bridgehead atoms. The first-order valence-corrected chi connectivity index (χ1v) is 7.86. The van der Waals surface area contributed by atoms with Crippen LogP contribution in [-0.4, -0.2) is 29.7 Å². The number of nitrogens with zero attached hydrogens (tertiary/aromatic N) is 5. The lowest BCUT2D eigenvalue weighted by Gasteiger charge is -2.01. The van der Waals surface area contributed by atoms with Gasteiger partial charge < -0.3 is 4.98 Å². The highest BCUT2D eigenvalue weighted by atomic mass is 79.9. The maximum absolute atomic E-state index is 6.08. The summed E-state index contributed by atoms with van der Waals surface area (Å²) in [5, 5.41) is 5.76. The number of H-pyrrole nitrogens is 1. The molecule has 0 unspecified atom stereocenters. The van der Waals surface area contributed by atoms with Crippen molar-refractivity contribution in [3.05, 3.63) is 34.5 Å². The van der Waals surface area contributed by atoms with Crippen molar-refractivity contribution in [2.24, 2.45) is 0 Å². The summed E-state index contributed by atoms with van der Waals surface area (Å²) in [6.07, 6.45) is 5.54. The van der Waals surface area contributed by atoms with Gasteiger partial charge in [-0.15, -0.1) is 0 Å². The molecule has 6 nitrogen and oxygen atoms in total. The predicted molar refractivity (Wildman–Crippen MR) is 88.8 cm³/mol. The molecule has 0 spiro atoms. The fraction of sp³-hybridized carbons (Fsp3) is 0.143. The molecule has 0 amide bonds. The number of rotatable bonds is 2. The van der Waals surface area contributed by atoms with Gasteiger partial charge in [0.15, 0.2) is 0 Å². The lowest BCUT2D eigenvalue weighted by molar-refractivity contribution is 0.668. The second-order valence-electron chi connectivity index (χ2n) is 4.81. The van der Waals surface area contributed by atoms with E-state index in [9.17, 15) is 0 Å². The van der Waals surface area contributed by atoms with Gasteiger partial charge in [-0.2, -0.15) is 5.10 Å². The predicted octanol–water partition coefficient (Wildman–Crippen LogP) is 3.81. The molecule has 4 rings (SSSR count). The van der Waals surface area contributed by atoms with Gasteiger partial charge >= 0.3 is 0 Å². The van der Waals surface area contributed by atoms with Crippen LogP contribution in [0.3, 0.4) is 0 Å². The molecule has 0 aliphatic heterocycles. The molecule has 0 fully saturated rings. The molecule has 0 aliphatic rings. The van der Waals surface area contributed by atoms with E-state index in [4.69, 9.17) is 11.6 Å². The van der Waals surface area contributed by atoms with E-state index in [0.717, 1.165) is 38.6 Å². The number of pyridine rings is 1. The van der Waals surface area contributed by atoms with E-state index < -0.39 is 0 Å². The first-order valence-electron chi connectivity index (χ1n) is 6.69. The molecule has 0 aromatic carbocycles. The third-order valence-electron chi connectivity index (χ3n) is 3.50. The normalized spacial score (nSPS) is 11.6. The molecule has 0 saturated heterocycles. The van der Waals surface area contributed by atoms with E-state index in [2.05, 4.69) is 41.0 Å². The van der Waals surface area contributed by atoms with Gasteiger partial charge in [0.1, 0.15) is 21.3 Å². The average molecular weight is 378 g/mol. The Kier molecular flexibility index (Phi) is 3.12. The molecule has 0 aliphatic carbocycles. The van der Waals surface area contributed by atoms with Crippen LogP contribution in [0.4, 0.5) is 0 Å². The van der Waals surface area contributed by atoms with E-state index >= 15 is 0 Å². The summed E-state index contributed by atoms with van der Waals surface area (Å²) in [6.45, 7) is 2.78. The Labute approximate surface area is 138 Å². The molecule has 4 aromatic rings. The smallest absolute Gasteiger partial charge is 0.223 e. The first kappa shape index (κ1) is 13.7. The van der Waals surface area contributed by atoms with E-state index in [1.165, 1.54) is 0 Å². The second-order valence-corrected chi connectivity index (χ2v) is 5.97. The van der Waals surface area contributed by atoms with Crippen LogP contribution >= 0.6 is 27.5 Å². The molecular formula is C14H10BrClN6. The maximum Gasteiger partial charge on any atom is 0.223 e. The topological polar surface area (TPSA) is 72.3 Å². The zero-order valence-electron chi connectivity index (χ0n) is 11.5. The monoisotopic (exact) mass is 376 g/mol. The van der Waals surface area contributed by atoms with Gasteiger partial charge in [-0.1, -0.05) is 0 Å². The van der Waals surface area contributed by atoms with Gasteiger partial charge in [0.2, 0.25) is 5.28 Å². The summed E-state index contributed by atoms with van der Waals surface area (Å²) in [7, 11) is 0. The number of aromatic nitrogens is 6. The van der Waals surface area contributed by atoms with Crippen LogP contribution in [0, 0.1) is 0 Å². The van der Waals surface area contributed by atoms with Crippen LogP contribution in [-0.2, 0) is 6.54 Å². The van der Waals surface area contributed by atoms with Crippen LogP contribution in [0.25, 0.3) is 33.2 Å². The summed E-state index contributed by atoms with van der Waals surface area (Å²) in [5.74, 6) is 0. The number of halogens is 2. The molecule has 1 N–H and O–H groups in total. The molecule has 0 atom stereocenters. The van der Waals surface area contributed by atoms with Gasteiger partial charge in [0, 0.05) is 23.7 Å². The van der Waals surface area contributed by atoms with Gasteiger partial charge in [-0.05, 0) is 40.5 Å². The van der Waals surface area contributed by atoms with Crippen LogP contribution in [0.15, 0.2) is 29.3 Å². The molecule has 4 heterocycles. The van der Waals surface area contributed by atoms with E-state index in [1.54, 1.807) is 6.20 Å². The lowest BCUT2D eigenvalue weighted by atomic mass is 10.1.